The summed E-state index contributed by atoms with van der Waals surface area (Å²) in [5.74, 6) is 0. The van der Waals surface area contributed by atoms with Crippen LogP contribution in [0.2, 0.25) is 0 Å². The Morgan fingerprint density at radius 2 is 2.29 bits per heavy atom. The molecule has 2 rings (SSSR count). The number of fused-ring (bicyclic) bond motifs is 1. The molecule has 2 nitrogen and oxygen atoms in total. The summed E-state index contributed by atoms with van der Waals surface area (Å²) in [7, 11) is 0. The third kappa shape index (κ3) is 1.84. The van der Waals surface area contributed by atoms with Gasteiger partial charge in [0.25, 0.3) is 0 Å². The first kappa shape index (κ1) is 9.00. The molecule has 1 aromatic carbocycles. The van der Waals surface area contributed by atoms with Crippen LogP contribution in [0.3, 0.4) is 0 Å². The summed E-state index contributed by atoms with van der Waals surface area (Å²) in [6.45, 7) is 3.81. The molecule has 14 heavy (non-hydrogen) atoms. The molecular weight excluding hydrogens is 172 g/mol. The van der Waals surface area contributed by atoms with Crippen molar-refractivity contribution < 1.29 is 0 Å². The number of benzene rings is 1. The zero-order valence-electron chi connectivity index (χ0n) is 8.35. The lowest BCUT2D eigenvalue weighted by Crippen LogP contribution is -2.18. The summed E-state index contributed by atoms with van der Waals surface area (Å²) in [5.41, 5.74) is 2.67. The summed E-state index contributed by atoms with van der Waals surface area (Å²) in [6.07, 6.45) is 6.09. The maximum Gasteiger partial charge on any atom is 0.0892 e. The van der Waals surface area contributed by atoms with Crippen molar-refractivity contribution in [1.82, 2.24) is 4.90 Å². The summed E-state index contributed by atoms with van der Waals surface area (Å²) < 4.78 is 0. The molecule has 0 radical (unpaired) electrons. The first-order chi connectivity index (χ1) is 6.90. The highest BCUT2D eigenvalue weighted by Crippen LogP contribution is 2.17. The number of aliphatic imine (C=N–C) groups is 1. The molecule has 0 bridgehead atoms. The van der Waals surface area contributed by atoms with Crippen molar-refractivity contribution >= 4 is 12.4 Å². The van der Waals surface area contributed by atoms with Crippen LogP contribution in [-0.2, 0) is 6.54 Å². The maximum absolute atomic E-state index is 4.22. The summed E-state index contributed by atoms with van der Waals surface area (Å²) >= 11 is 0. The largest absolute Gasteiger partial charge is 0.335 e. The molecule has 72 valence electrons. The molecule has 1 aromatic rings. The normalized spacial score (nSPS) is 14.8. The number of nitrogens with zero attached hydrogens (tertiary/aromatic N) is 2. The van der Waals surface area contributed by atoms with Gasteiger partial charge in [0.05, 0.1) is 6.34 Å². The molecule has 0 spiro atoms. The zero-order chi connectivity index (χ0) is 9.80. The second-order valence-electron chi connectivity index (χ2n) is 3.30. The predicted molar refractivity (Wildman–Crippen MR) is 60.1 cm³/mol. The maximum atomic E-state index is 4.22. The Morgan fingerprint density at radius 3 is 3.14 bits per heavy atom. The van der Waals surface area contributed by atoms with Crippen molar-refractivity contribution in [3.63, 3.8) is 0 Å². The molecule has 0 N–H and O–H groups in total. The van der Waals surface area contributed by atoms with E-state index in [1.54, 1.807) is 0 Å². The predicted octanol–water partition coefficient (Wildman–Crippen LogP) is 2.52. The van der Waals surface area contributed by atoms with Crippen LogP contribution < -0.4 is 0 Å². The summed E-state index contributed by atoms with van der Waals surface area (Å²) in [5, 5.41) is 0. The van der Waals surface area contributed by atoms with Gasteiger partial charge in [0.2, 0.25) is 0 Å². The highest BCUT2D eigenvalue weighted by molar-refractivity contribution is 5.64. The first-order valence-electron chi connectivity index (χ1n) is 4.92. The molecular formula is C12H14N2. The Labute approximate surface area is 84.6 Å². The minimum atomic E-state index is 0.839. The van der Waals surface area contributed by atoms with Gasteiger partial charge in [-0.05, 0) is 24.1 Å². The lowest BCUT2D eigenvalue weighted by Gasteiger charge is -2.20. The minimum absolute atomic E-state index is 0.839. The standard InChI is InChI=1S/C12H14N2/c1-2-13-10-14-8-7-11-5-3-4-6-12(11)9-14/h3-8,10H,2,9H2,1H3. The van der Waals surface area contributed by atoms with Gasteiger partial charge in [-0.15, -0.1) is 0 Å². The molecule has 2 heteroatoms. The average Bonchev–Trinajstić information content (AvgIpc) is 2.26. The topological polar surface area (TPSA) is 15.6 Å². The lowest BCUT2D eigenvalue weighted by molar-refractivity contribution is 0.562. The van der Waals surface area contributed by atoms with Crippen molar-refractivity contribution in [2.75, 3.05) is 6.54 Å². The molecule has 0 saturated carbocycles. The Balaban J connectivity index is 2.17. The summed E-state index contributed by atoms with van der Waals surface area (Å²) in [6, 6.07) is 8.44. The van der Waals surface area contributed by atoms with Gasteiger partial charge < -0.3 is 4.90 Å². The molecule has 0 fully saturated rings. The third-order valence-corrected chi connectivity index (χ3v) is 2.27. The van der Waals surface area contributed by atoms with Crippen LogP contribution in [0, 0.1) is 0 Å². The van der Waals surface area contributed by atoms with Crippen molar-refractivity contribution in [2.24, 2.45) is 4.99 Å². The Kier molecular flexibility index (Phi) is 2.63. The van der Waals surface area contributed by atoms with E-state index in [4.69, 9.17) is 0 Å². The minimum Gasteiger partial charge on any atom is -0.335 e. The van der Waals surface area contributed by atoms with E-state index in [2.05, 4.69) is 46.4 Å². The lowest BCUT2D eigenvalue weighted by atomic mass is 10.1. The Morgan fingerprint density at radius 1 is 1.43 bits per heavy atom. The van der Waals surface area contributed by atoms with Crippen LogP contribution in [0.4, 0.5) is 0 Å². The van der Waals surface area contributed by atoms with E-state index >= 15 is 0 Å². The monoisotopic (exact) mass is 186 g/mol. The third-order valence-electron chi connectivity index (χ3n) is 2.27. The van der Waals surface area contributed by atoms with Crippen LogP contribution in [0.1, 0.15) is 18.1 Å². The van der Waals surface area contributed by atoms with Gasteiger partial charge in [-0.1, -0.05) is 24.3 Å². The fourth-order valence-corrected chi connectivity index (χ4v) is 1.53. The quantitative estimate of drug-likeness (QED) is 0.512. The fraction of sp³-hybridized carbons (Fsp3) is 0.250. The molecule has 0 amide bonds. The van der Waals surface area contributed by atoms with Gasteiger partial charge in [0.1, 0.15) is 0 Å². The highest BCUT2D eigenvalue weighted by Gasteiger charge is 2.06. The molecule has 0 unspecified atom stereocenters. The first-order valence-corrected chi connectivity index (χ1v) is 4.92. The van der Waals surface area contributed by atoms with Gasteiger partial charge in [0.15, 0.2) is 0 Å². The Hall–Kier alpha value is -1.57. The number of hydrogen-bond donors (Lipinski definition) is 0. The summed E-state index contributed by atoms with van der Waals surface area (Å²) in [4.78, 5) is 6.32. The van der Waals surface area contributed by atoms with Crippen molar-refractivity contribution in [2.45, 2.75) is 13.5 Å². The van der Waals surface area contributed by atoms with Crippen LogP contribution in [0.25, 0.3) is 6.08 Å². The van der Waals surface area contributed by atoms with Gasteiger partial charge >= 0.3 is 0 Å². The highest BCUT2D eigenvalue weighted by atomic mass is 15.1. The molecule has 1 aliphatic rings. The van der Waals surface area contributed by atoms with Gasteiger partial charge in [0, 0.05) is 19.3 Å². The smallest absolute Gasteiger partial charge is 0.0892 e. The van der Waals surface area contributed by atoms with Gasteiger partial charge in [-0.2, -0.15) is 0 Å². The molecule has 1 heterocycles. The Bertz CT molecular complexity index is 366. The van der Waals surface area contributed by atoms with E-state index in [-0.39, 0.29) is 0 Å². The van der Waals surface area contributed by atoms with Crippen molar-refractivity contribution in [3.05, 3.63) is 41.6 Å². The van der Waals surface area contributed by atoms with Crippen molar-refractivity contribution in [1.29, 1.82) is 0 Å². The van der Waals surface area contributed by atoms with Gasteiger partial charge in [-0.25, -0.2) is 0 Å². The molecule has 0 aromatic heterocycles. The molecule has 0 saturated heterocycles. The zero-order valence-corrected chi connectivity index (χ0v) is 8.35. The van der Waals surface area contributed by atoms with E-state index in [1.165, 1.54) is 11.1 Å². The van der Waals surface area contributed by atoms with Crippen LogP contribution in [0.15, 0.2) is 35.5 Å². The van der Waals surface area contributed by atoms with Crippen LogP contribution in [-0.4, -0.2) is 17.8 Å². The van der Waals surface area contributed by atoms with Crippen molar-refractivity contribution in [3.8, 4) is 0 Å². The van der Waals surface area contributed by atoms with E-state index in [0.29, 0.717) is 0 Å². The van der Waals surface area contributed by atoms with E-state index in [1.807, 2.05) is 13.3 Å². The molecule has 0 aliphatic carbocycles. The van der Waals surface area contributed by atoms with Crippen LogP contribution in [0.5, 0.6) is 0 Å². The van der Waals surface area contributed by atoms with E-state index < -0.39 is 0 Å². The second-order valence-corrected chi connectivity index (χ2v) is 3.30. The second kappa shape index (κ2) is 4.09. The van der Waals surface area contributed by atoms with Gasteiger partial charge in [-0.3, -0.25) is 4.99 Å². The molecule has 1 aliphatic heterocycles. The van der Waals surface area contributed by atoms with Crippen LogP contribution >= 0.6 is 0 Å². The molecule has 0 atom stereocenters. The van der Waals surface area contributed by atoms with E-state index in [9.17, 15) is 0 Å². The number of rotatable bonds is 2. The SMILES string of the molecule is CCN=CN1C=Cc2ccccc2C1. The average molecular weight is 186 g/mol. The van der Waals surface area contributed by atoms with E-state index in [0.717, 1.165) is 13.1 Å². The fourth-order valence-electron chi connectivity index (χ4n) is 1.53. The number of hydrogen-bond acceptors (Lipinski definition) is 1.